The fourth-order valence-corrected chi connectivity index (χ4v) is 3.22. The van der Waals surface area contributed by atoms with Crippen LogP contribution in [0.2, 0.25) is 0 Å². The van der Waals surface area contributed by atoms with Crippen molar-refractivity contribution in [3.05, 3.63) is 48.0 Å². The second kappa shape index (κ2) is 7.01. The first-order valence-electron chi connectivity index (χ1n) is 8.22. The standard InChI is InChI=1S/C19H22N2O3/c20-18(23)19(8-10-24-11-9-19)13-21-17(22)12-15-6-3-5-14-4-1-2-7-16(14)15/h1-7H,8-13H2,(H2,20,23)(H,21,22). The van der Waals surface area contributed by atoms with Crippen LogP contribution in [0.3, 0.4) is 0 Å². The molecule has 0 unspecified atom stereocenters. The minimum Gasteiger partial charge on any atom is -0.381 e. The molecule has 0 atom stereocenters. The quantitative estimate of drug-likeness (QED) is 0.879. The lowest BCUT2D eigenvalue weighted by Crippen LogP contribution is -2.49. The lowest BCUT2D eigenvalue weighted by molar-refractivity contribution is -0.133. The Bertz CT molecular complexity index is 746. The number of nitrogens with one attached hydrogen (secondary N) is 1. The van der Waals surface area contributed by atoms with Gasteiger partial charge in [0.15, 0.2) is 0 Å². The Balaban J connectivity index is 1.68. The van der Waals surface area contributed by atoms with Crippen LogP contribution in [0.25, 0.3) is 10.8 Å². The first kappa shape index (κ1) is 16.5. The maximum Gasteiger partial charge on any atom is 0.225 e. The number of rotatable bonds is 5. The summed E-state index contributed by atoms with van der Waals surface area (Å²) in [5.41, 5.74) is 5.86. The Labute approximate surface area is 141 Å². The number of hydrogen-bond acceptors (Lipinski definition) is 3. The van der Waals surface area contributed by atoms with Crippen molar-refractivity contribution >= 4 is 22.6 Å². The van der Waals surface area contributed by atoms with Crippen LogP contribution < -0.4 is 11.1 Å². The van der Waals surface area contributed by atoms with Crippen LogP contribution in [0.15, 0.2) is 42.5 Å². The number of hydrogen-bond donors (Lipinski definition) is 2. The Kier molecular flexibility index (Phi) is 4.81. The molecule has 0 aromatic heterocycles. The van der Waals surface area contributed by atoms with Gasteiger partial charge in [0, 0.05) is 19.8 Å². The highest BCUT2D eigenvalue weighted by Gasteiger charge is 2.38. The summed E-state index contributed by atoms with van der Waals surface area (Å²) >= 11 is 0. The van der Waals surface area contributed by atoms with Gasteiger partial charge in [-0.15, -0.1) is 0 Å². The predicted molar refractivity (Wildman–Crippen MR) is 92.3 cm³/mol. The molecule has 1 heterocycles. The van der Waals surface area contributed by atoms with Crippen molar-refractivity contribution in [3.8, 4) is 0 Å². The molecule has 2 aromatic rings. The van der Waals surface area contributed by atoms with Gasteiger partial charge in [-0.25, -0.2) is 0 Å². The molecule has 5 heteroatoms. The average molecular weight is 326 g/mol. The van der Waals surface area contributed by atoms with Crippen LogP contribution >= 0.6 is 0 Å². The molecule has 3 rings (SSSR count). The average Bonchev–Trinajstić information content (AvgIpc) is 2.61. The van der Waals surface area contributed by atoms with Crippen LogP contribution in [-0.2, 0) is 20.7 Å². The predicted octanol–water partition coefficient (Wildman–Crippen LogP) is 1.78. The van der Waals surface area contributed by atoms with Crippen LogP contribution in [0.5, 0.6) is 0 Å². The monoisotopic (exact) mass is 326 g/mol. The minimum absolute atomic E-state index is 0.0986. The second-order valence-electron chi connectivity index (χ2n) is 6.35. The number of carbonyl (C=O) groups excluding carboxylic acids is 2. The van der Waals surface area contributed by atoms with Gasteiger partial charge in [0.05, 0.1) is 11.8 Å². The Morgan fingerprint density at radius 1 is 1.08 bits per heavy atom. The molecule has 0 radical (unpaired) electrons. The van der Waals surface area contributed by atoms with Gasteiger partial charge in [0.2, 0.25) is 11.8 Å². The van der Waals surface area contributed by atoms with Gasteiger partial charge >= 0.3 is 0 Å². The number of carbonyl (C=O) groups is 2. The third-order valence-electron chi connectivity index (χ3n) is 4.83. The smallest absolute Gasteiger partial charge is 0.225 e. The summed E-state index contributed by atoms with van der Waals surface area (Å²) in [4.78, 5) is 24.2. The summed E-state index contributed by atoms with van der Waals surface area (Å²) in [5, 5.41) is 5.08. The normalized spacial score (nSPS) is 16.7. The molecule has 3 N–H and O–H groups in total. The highest BCUT2D eigenvalue weighted by Crippen LogP contribution is 2.29. The summed E-state index contributed by atoms with van der Waals surface area (Å²) in [5.74, 6) is -0.463. The van der Waals surface area contributed by atoms with Crippen molar-refractivity contribution in [2.75, 3.05) is 19.8 Å². The molecule has 1 saturated heterocycles. The van der Waals surface area contributed by atoms with Crippen molar-refractivity contribution in [2.45, 2.75) is 19.3 Å². The summed E-state index contributed by atoms with van der Waals surface area (Å²) in [7, 11) is 0. The molecule has 0 bridgehead atoms. The van der Waals surface area contributed by atoms with E-state index in [0.29, 0.717) is 26.1 Å². The molecule has 1 aliphatic rings. The lowest BCUT2D eigenvalue weighted by Gasteiger charge is -2.34. The third-order valence-corrected chi connectivity index (χ3v) is 4.83. The molecule has 0 saturated carbocycles. The summed E-state index contributed by atoms with van der Waals surface area (Å²) in [6, 6.07) is 13.9. The van der Waals surface area contributed by atoms with Gasteiger partial charge in [-0.1, -0.05) is 42.5 Å². The number of nitrogens with two attached hydrogens (primary N) is 1. The molecule has 1 aliphatic heterocycles. The van der Waals surface area contributed by atoms with Gasteiger partial charge in [-0.05, 0) is 29.2 Å². The van der Waals surface area contributed by atoms with Crippen LogP contribution in [0.4, 0.5) is 0 Å². The fraction of sp³-hybridized carbons (Fsp3) is 0.368. The number of fused-ring (bicyclic) bond motifs is 1. The van der Waals surface area contributed by atoms with E-state index in [1.165, 1.54) is 0 Å². The van der Waals surface area contributed by atoms with E-state index in [1.54, 1.807) is 0 Å². The molecule has 126 valence electrons. The minimum atomic E-state index is -0.688. The lowest BCUT2D eigenvalue weighted by atomic mass is 9.79. The number of amides is 2. The number of ether oxygens (including phenoxy) is 1. The zero-order chi connectivity index (χ0) is 17.0. The molecule has 1 fully saturated rings. The van der Waals surface area contributed by atoms with Gasteiger partial charge in [0.1, 0.15) is 0 Å². The maximum absolute atomic E-state index is 12.4. The van der Waals surface area contributed by atoms with E-state index >= 15 is 0 Å². The second-order valence-corrected chi connectivity index (χ2v) is 6.35. The maximum atomic E-state index is 12.4. The number of primary amides is 1. The number of benzene rings is 2. The zero-order valence-electron chi connectivity index (χ0n) is 13.6. The third kappa shape index (κ3) is 3.41. The highest BCUT2D eigenvalue weighted by atomic mass is 16.5. The molecule has 2 amide bonds. The van der Waals surface area contributed by atoms with E-state index in [9.17, 15) is 9.59 Å². The SMILES string of the molecule is NC(=O)C1(CNC(=O)Cc2cccc3ccccc23)CCOCC1. The van der Waals surface area contributed by atoms with Crippen molar-refractivity contribution in [3.63, 3.8) is 0 Å². The summed E-state index contributed by atoms with van der Waals surface area (Å²) in [6.45, 7) is 1.28. The molecule has 24 heavy (non-hydrogen) atoms. The molecule has 2 aromatic carbocycles. The van der Waals surface area contributed by atoms with Crippen LogP contribution in [-0.4, -0.2) is 31.6 Å². The molecule has 0 aliphatic carbocycles. The van der Waals surface area contributed by atoms with Gasteiger partial charge in [-0.2, -0.15) is 0 Å². The van der Waals surface area contributed by atoms with Gasteiger partial charge < -0.3 is 15.8 Å². The van der Waals surface area contributed by atoms with Crippen molar-refractivity contribution in [1.82, 2.24) is 5.32 Å². The summed E-state index contributed by atoms with van der Waals surface area (Å²) in [6.07, 6.45) is 1.39. The summed E-state index contributed by atoms with van der Waals surface area (Å²) < 4.78 is 5.31. The molecular formula is C19H22N2O3. The van der Waals surface area contributed by atoms with Crippen LogP contribution in [0.1, 0.15) is 18.4 Å². The van der Waals surface area contributed by atoms with Gasteiger partial charge in [0.25, 0.3) is 0 Å². The topological polar surface area (TPSA) is 81.4 Å². The van der Waals surface area contributed by atoms with Gasteiger partial charge in [-0.3, -0.25) is 9.59 Å². The molecule has 5 nitrogen and oxygen atoms in total. The molecule has 0 spiro atoms. The fourth-order valence-electron chi connectivity index (χ4n) is 3.22. The first-order valence-corrected chi connectivity index (χ1v) is 8.22. The van der Waals surface area contributed by atoms with Crippen LogP contribution in [0, 0.1) is 5.41 Å². The van der Waals surface area contributed by atoms with E-state index in [4.69, 9.17) is 10.5 Å². The van der Waals surface area contributed by atoms with E-state index in [-0.39, 0.29) is 24.8 Å². The van der Waals surface area contributed by atoms with Crippen molar-refractivity contribution in [2.24, 2.45) is 11.1 Å². The highest BCUT2D eigenvalue weighted by molar-refractivity contribution is 5.90. The van der Waals surface area contributed by atoms with Crippen molar-refractivity contribution < 1.29 is 14.3 Å². The van der Waals surface area contributed by atoms with E-state index in [1.807, 2.05) is 42.5 Å². The first-order chi connectivity index (χ1) is 11.6. The van der Waals surface area contributed by atoms with E-state index in [0.717, 1.165) is 16.3 Å². The van der Waals surface area contributed by atoms with E-state index < -0.39 is 5.41 Å². The Hall–Kier alpha value is -2.40. The largest absolute Gasteiger partial charge is 0.381 e. The molecular weight excluding hydrogens is 304 g/mol. The van der Waals surface area contributed by atoms with Crippen molar-refractivity contribution in [1.29, 1.82) is 0 Å². The van der Waals surface area contributed by atoms with E-state index in [2.05, 4.69) is 5.32 Å². The Morgan fingerprint density at radius 3 is 2.54 bits per heavy atom. The Morgan fingerprint density at radius 2 is 1.79 bits per heavy atom. The zero-order valence-corrected chi connectivity index (χ0v) is 13.6.